The molecule has 0 radical (unpaired) electrons. The zero-order valence-corrected chi connectivity index (χ0v) is 13.5. The molecule has 8 heteroatoms. The molecule has 0 aliphatic rings. The maximum Gasteiger partial charge on any atom is 0.307 e. The first-order valence-corrected chi connectivity index (χ1v) is 7.15. The van der Waals surface area contributed by atoms with Gasteiger partial charge in [-0.25, -0.2) is 0 Å². The highest BCUT2D eigenvalue weighted by molar-refractivity contribution is 6.33. The number of carboxylic acids is 2. The summed E-state index contributed by atoms with van der Waals surface area (Å²) in [6.45, 7) is 2.84. The Hall–Kier alpha value is -2.28. The van der Waals surface area contributed by atoms with Crippen LogP contribution in [0.1, 0.15) is 30.0 Å². The summed E-state index contributed by atoms with van der Waals surface area (Å²) in [7, 11) is 0. The Bertz CT molecular complexity index is 643. The minimum Gasteiger partial charge on any atom is -0.481 e. The minimum atomic E-state index is -1.23. The van der Waals surface area contributed by atoms with E-state index in [1.807, 2.05) is 0 Å². The Morgan fingerprint density at radius 1 is 1.35 bits per heavy atom. The molecule has 1 aromatic rings. The molecule has 0 bridgehead atoms. The van der Waals surface area contributed by atoms with Gasteiger partial charge >= 0.3 is 17.9 Å². The molecule has 0 aliphatic heterocycles. The van der Waals surface area contributed by atoms with Crippen LogP contribution in [0.15, 0.2) is 6.07 Å². The van der Waals surface area contributed by atoms with E-state index in [1.165, 1.54) is 13.0 Å². The predicted molar refractivity (Wildman–Crippen MR) is 83.2 cm³/mol. The standard InChI is InChI=1S/C15H18ClNO6/c1-7-11(6-23-8(2)18)9(4-12(16)14(7)17)3-10(15(21)22)5-13(19)20/h4,10H,3,5-6,17H2,1-2H3,(H,19,20)(H,21,22)/t10-/m0/s1. The van der Waals surface area contributed by atoms with Crippen molar-refractivity contribution in [3.8, 4) is 0 Å². The molecule has 4 N–H and O–H groups in total. The molecule has 7 nitrogen and oxygen atoms in total. The van der Waals surface area contributed by atoms with Gasteiger partial charge in [-0.05, 0) is 36.1 Å². The van der Waals surface area contributed by atoms with Crippen molar-refractivity contribution in [2.75, 3.05) is 5.73 Å². The number of nitrogens with two attached hydrogens (primary N) is 1. The quantitative estimate of drug-likeness (QED) is 0.510. The van der Waals surface area contributed by atoms with Gasteiger partial charge in [-0.15, -0.1) is 0 Å². The lowest BCUT2D eigenvalue weighted by Gasteiger charge is -2.18. The Morgan fingerprint density at radius 2 is 1.96 bits per heavy atom. The number of aliphatic carboxylic acids is 2. The molecular formula is C15H18ClNO6. The fourth-order valence-electron chi connectivity index (χ4n) is 2.18. The summed E-state index contributed by atoms with van der Waals surface area (Å²) in [6, 6.07) is 1.49. The predicted octanol–water partition coefficient (Wildman–Crippen LogP) is 2.01. The maximum atomic E-state index is 11.2. The average Bonchev–Trinajstić information content (AvgIpc) is 2.42. The molecule has 0 fully saturated rings. The first-order valence-electron chi connectivity index (χ1n) is 6.77. The number of ether oxygens (including phenoxy) is 1. The lowest BCUT2D eigenvalue weighted by molar-refractivity contribution is -0.148. The molecule has 0 saturated carbocycles. The van der Waals surface area contributed by atoms with E-state index < -0.39 is 30.2 Å². The number of hydrogen-bond donors (Lipinski definition) is 3. The molecule has 1 atom stereocenters. The lowest BCUT2D eigenvalue weighted by Crippen LogP contribution is -2.21. The number of rotatable bonds is 7. The fraction of sp³-hybridized carbons (Fsp3) is 0.400. The van der Waals surface area contributed by atoms with Gasteiger partial charge in [0.15, 0.2) is 0 Å². The van der Waals surface area contributed by atoms with Crippen LogP contribution in [0.5, 0.6) is 0 Å². The number of hydrogen-bond acceptors (Lipinski definition) is 5. The number of carbonyl (C=O) groups is 3. The van der Waals surface area contributed by atoms with E-state index in [4.69, 9.17) is 27.2 Å². The lowest BCUT2D eigenvalue weighted by atomic mass is 9.91. The van der Waals surface area contributed by atoms with Crippen LogP contribution < -0.4 is 5.73 Å². The van der Waals surface area contributed by atoms with Crippen molar-refractivity contribution < 1.29 is 29.3 Å². The monoisotopic (exact) mass is 343 g/mol. The van der Waals surface area contributed by atoms with E-state index in [1.54, 1.807) is 6.92 Å². The molecule has 1 rings (SSSR count). The first kappa shape index (κ1) is 18.8. The van der Waals surface area contributed by atoms with Crippen LogP contribution in [0.3, 0.4) is 0 Å². The van der Waals surface area contributed by atoms with Gasteiger partial charge in [0.05, 0.1) is 23.0 Å². The van der Waals surface area contributed by atoms with E-state index >= 15 is 0 Å². The molecule has 0 amide bonds. The third kappa shape index (κ3) is 5.14. The van der Waals surface area contributed by atoms with Crippen molar-refractivity contribution in [1.82, 2.24) is 0 Å². The summed E-state index contributed by atoms with van der Waals surface area (Å²) < 4.78 is 4.97. The van der Waals surface area contributed by atoms with Gasteiger partial charge in [-0.3, -0.25) is 14.4 Å². The van der Waals surface area contributed by atoms with Gasteiger partial charge in [0, 0.05) is 6.92 Å². The third-order valence-corrected chi connectivity index (χ3v) is 3.77. The summed E-state index contributed by atoms with van der Waals surface area (Å²) in [5, 5.41) is 18.2. The second-order valence-electron chi connectivity index (χ2n) is 5.15. The largest absolute Gasteiger partial charge is 0.481 e. The number of carbonyl (C=O) groups excluding carboxylic acids is 1. The van der Waals surface area contributed by atoms with Gasteiger partial charge in [-0.2, -0.15) is 0 Å². The van der Waals surface area contributed by atoms with Crippen LogP contribution >= 0.6 is 11.6 Å². The number of carboxylic acid groups (broad SMARTS) is 2. The van der Waals surface area contributed by atoms with Crippen molar-refractivity contribution in [3.63, 3.8) is 0 Å². The zero-order chi connectivity index (χ0) is 17.7. The second kappa shape index (κ2) is 7.82. The maximum absolute atomic E-state index is 11.2. The molecule has 23 heavy (non-hydrogen) atoms. The molecule has 0 aromatic heterocycles. The SMILES string of the molecule is CC(=O)OCc1c(C[C@@H](CC(=O)O)C(=O)O)cc(Cl)c(N)c1C. The minimum absolute atomic E-state index is 0.0565. The van der Waals surface area contributed by atoms with Crippen LogP contribution in [-0.2, 0) is 32.1 Å². The molecule has 0 aliphatic carbocycles. The van der Waals surface area contributed by atoms with E-state index in [-0.39, 0.29) is 18.1 Å². The number of benzene rings is 1. The molecular weight excluding hydrogens is 326 g/mol. The van der Waals surface area contributed by atoms with E-state index in [0.29, 0.717) is 22.4 Å². The van der Waals surface area contributed by atoms with Crippen LogP contribution in [0.4, 0.5) is 5.69 Å². The second-order valence-corrected chi connectivity index (χ2v) is 5.56. The van der Waals surface area contributed by atoms with Gasteiger partial charge in [-0.1, -0.05) is 11.6 Å². The van der Waals surface area contributed by atoms with Crippen molar-refractivity contribution in [2.45, 2.75) is 33.3 Å². The summed E-state index contributed by atoms with van der Waals surface area (Å²) in [6.07, 6.45) is -0.581. The summed E-state index contributed by atoms with van der Waals surface area (Å²) in [5.74, 6) is -4.06. The molecule has 0 unspecified atom stereocenters. The highest BCUT2D eigenvalue weighted by atomic mass is 35.5. The van der Waals surface area contributed by atoms with Crippen molar-refractivity contribution >= 4 is 35.2 Å². The van der Waals surface area contributed by atoms with E-state index in [9.17, 15) is 19.5 Å². The molecule has 1 aromatic carbocycles. The molecule has 0 saturated heterocycles. The fourth-order valence-corrected chi connectivity index (χ4v) is 2.45. The Balaban J connectivity index is 3.23. The van der Waals surface area contributed by atoms with Crippen molar-refractivity contribution in [2.24, 2.45) is 5.92 Å². The first-order chi connectivity index (χ1) is 10.6. The van der Waals surface area contributed by atoms with Gasteiger partial charge in [0.1, 0.15) is 6.61 Å². The average molecular weight is 344 g/mol. The molecule has 126 valence electrons. The van der Waals surface area contributed by atoms with Crippen LogP contribution in [0.25, 0.3) is 0 Å². The Morgan fingerprint density at radius 3 is 2.43 bits per heavy atom. The van der Waals surface area contributed by atoms with Crippen LogP contribution in [0.2, 0.25) is 5.02 Å². The van der Waals surface area contributed by atoms with Crippen molar-refractivity contribution in [1.29, 1.82) is 0 Å². The molecule has 0 heterocycles. The van der Waals surface area contributed by atoms with E-state index in [2.05, 4.69) is 0 Å². The summed E-state index contributed by atoms with van der Waals surface area (Å²) in [5.41, 5.74) is 7.77. The smallest absolute Gasteiger partial charge is 0.307 e. The zero-order valence-electron chi connectivity index (χ0n) is 12.8. The number of halogens is 1. The Labute approximate surface area is 138 Å². The van der Waals surface area contributed by atoms with Crippen LogP contribution in [0, 0.1) is 12.8 Å². The topological polar surface area (TPSA) is 127 Å². The molecule has 0 spiro atoms. The third-order valence-electron chi connectivity index (χ3n) is 3.46. The summed E-state index contributed by atoms with van der Waals surface area (Å²) >= 11 is 6.03. The number of esters is 1. The Kier molecular flexibility index (Phi) is 6.38. The van der Waals surface area contributed by atoms with Crippen LogP contribution in [-0.4, -0.2) is 28.1 Å². The highest BCUT2D eigenvalue weighted by Crippen LogP contribution is 2.31. The van der Waals surface area contributed by atoms with E-state index in [0.717, 1.165) is 0 Å². The van der Waals surface area contributed by atoms with Gasteiger partial charge in [0.2, 0.25) is 0 Å². The summed E-state index contributed by atoms with van der Waals surface area (Å²) in [4.78, 5) is 33.1. The normalized spacial score (nSPS) is 11.8. The van der Waals surface area contributed by atoms with Gasteiger partial charge in [0.25, 0.3) is 0 Å². The number of anilines is 1. The van der Waals surface area contributed by atoms with Gasteiger partial charge < -0.3 is 20.7 Å². The van der Waals surface area contributed by atoms with Crippen molar-refractivity contribution in [3.05, 3.63) is 27.8 Å². The number of nitrogen functional groups attached to an aromatic ring is 1. The highest BCUT2D eigenvalue weighted by Gasteiger charge is 2.24.